The summed E-state index contributed by atoms with van der Waals surface area (Å²) in [4.78, 5) is 2.74. The second-order valence-electron chi connectivity index (χ2n) is 11.8. The van der Waals surface area contributed by atoms with Crippen LogP contribution in [0.25, 0.3) is 0 Å². The Bertz CT molecular complexity index is 597. The summed E-state index contributed by atoms with van der Waals surface area (Å²) in [6.45, 7) is 11.2. The Kier molecular flexibility index (Phi) is 5.77. The minimum Gasteiger partial charge on any atom is -0.393 e. The van der Waals surface area contributed by atoms with Gasteiger partial charge in [-0.05, 0) is 112 Å². The largest absolute Gasteiger partial charge is 0.393 e. The van der Waals surface area contributed by atoms with E-state index < -0.39 is 0 Å². The summed E-state index contributed by atoms with van der Waals surface area (Å²) >= 11 is 0. The van der Waals surface area contributed by atoms with E-state index in [0.29, 0.717) is 10.8 Å². The molecular formula is C26H45NO. The van der Waals surface area contributed by atoms with Crippen molar-refractivity contribution in [3.8, 4) is 0 Å². The fourth-order valence-corrected chi connectivity index (χ4v) is 8.24. The maximum atomic E-state index is 10.2. The number of hydrogen-bond acceptors (Lipinski definition) is 2. The van der Waals surface area contributed by atoms with Crippen molar-refractivity contribution < 1.29 is 5.11 Å². The molecule has 1 N–H and O–H groups in total. The van der Waals surface area contributed by atoms with E-state index in [-0.39, 0.29) is 6.10 Å². The summed E-state index contributed by atoms with van der Waals surface area (Å²) in [5, 5.41) is 10.2. The highest BCUT2D eigenvalue weighted by molar-refractivity contribution is 5.25. The standard InChI is InChI=1S/C26H45NO/c1-18(2)7-6-16-27(5)24-11-10-22-21-9-8-19-17-20(28)12-14-25(19,3)23(21)13-15-26(22,24)4/h8,18,20-24,28H,6-7,9-17H2,1-5H3/t20-,21-,22-,23-,24-,25-,26-/m0/s1. The maximum absolute atomic E-state index is 10.2. The molecule has 0 heterocycles. The topological polar surface area (TPSA) is 23.5 Å². The van der Waals surface area contributed by atoms with Crippen molar-refractivity contribution in [2.45, 2.75) is 104 Å². The summed E-state index contributed by atoms with van der Waals surface area (Å²) in [5.41, 5.74) is 2.51. The lowest BCUT2D eigenvalue weighted by Gasteiger charge is -2.58. The second kappa shape index (κ2) is 7.73. The van der Waals surface area contributed by atoms with Gasteiger partial charge >= 0.3 is 0 Å². The van der Waals surface area contributed by atoms with Crippen molar-refractivity contribution in [2.24, 2.45) is 34.5 Å². The zero-order valence-corrected chi connectivity index (χ0v) is 19.2. The van der Waals surface area contributed by atoms with Crippen LogP contribution < -0.4 is 0 Å². The molecule has 0 aromatic rings. The van der Waals surface area contributed by atoms with E-state index in [1.807, 2.05) is 0 Å². The predicted octanol–water partition coefficient (Wildman–Crippen LogP) is 6.05. The third kappa shape index (κ3) is 3.41. The molecule has 3 saturated carbocycles. The molecule has 0 unspecified atom stereocenters. The van der Waals surface area contributed by atoms with E-state index in [1.54, 1.807) is 5.57 Å². The molecule has 4 aliphatic rings. The average Bonchev–Trinajstić information content (AvgIpc) is 2.99. The molecule has 28 heavy (non-hydrogen) atoms. The van der Waals surface area contributed by atoms with Gasteiger partial charge in [0.25, 0.3) is 0 Å². The molecule has 4 rings (SSSR count). The molecule has 0 radical (unpaired) electrons. The Labute approximate surface area is 174 Å². The van der Waals surface area contributed by atoms with Gasteiger partial charge in [0.2, 0.25) is 0 Å². The highest BCUT2D eigenvalue weighted by Gasteiger charge is 2.59. The van der Waals surface area contributed by atoms with E-state index in [2.05, 4.69) is 45.7 Å². The fraction of sp³-hybridized carbons (Fsp3) is 0.923. The molecule has 0 aliphatic heterocycles. The minimum absolute atomic E-state index is 0.0833. The van der Waals surface area contributed by atoms with Gasteiger partial charge in [-0.3, -0.25) is 0 Å². The summed E-state index contributed by atoms with van der Waals surface area (Å²) in [6, 6.07) is 0.789. The Morgan fingerprint density at radius 3 is 2.64 bits per heavy atom. The highest BCUT2D eigenvalue weighted by atomic mass is 16.3. The van der Waals surface area contributed by atoms with Crippen LogP contribution in [0.3, 0.4) is 0 Å². The quantitative estimate of drug-likeness (QED) is 0.581. The fourth-order valence-electron chi connectivity index (χ4n) is 8.24. The first-order chi connectivity index (χ1) is 13.3. The number of fused-ring (bicyclic) bond motifs is 5. The third-order valence-electron chi connectivity index (χ3n) is 9.85. The average molecular weight is 388 g/mol. The molecule has 0 bridgehead atoms. The van der Waals surface area contributed by atoms with E-state index in [1.165, 1.54) is 57.9 Å². The minimum atomic E-state index is -0.0833. The summed E-state index contributed by atoms with van der Waals surface area (Å²) in [6.07, 6.45) is 15.4. The van der Waals surface area contributed by atoms with E-state index in [0.717, 1.165) is 42.6 Å². The van der Waals surface area contributed by atoms with Crippen LogP contribution in [0.5, 0.6) is 0 Å². The molecule has 2 nitrogen and oxygen atoms in total. The van der Waals surface area contributed by atoms with Crippen molar-refractivity contribution >= 4 is 0 Å². The van der Waals surface area contributed by atoms with Gasteiger partial charge in [-0.1, -0.05) is 39.3 Å². The predicted molar refractivity (Wildman–Crippen MR) is 118 cm³/mol. The van der Waals surface area contributed by atoms with Crippen LogP contribution in [0.1, 0.15) is 91.9 Å². The van der Waals surface area contributed by atoms with Crippen molar-refractivity contribution in [1.82, 2.24) is 4.90 Å². The first kappa shape index (κ1) is 20.9. The first-order valence-electron chi connectivity index (χ1n) is 12.3. The van der Waals surface area contributed by atoms with Crippen molar-refractivity contribution in [3.05, 3.63) is 11.6 Å². The molecule has 0 saturated heterocycles. The summed E-state index contributed by atoms with van der Waals surface area (Å²) in [5.74, 6) is 3.49. The Morgan fingerprint density at radius 1 is 1.11 bits per heavy atom. The van der Waals surface area contributed by atoms with Crippen LogP contribution in [-0.4, -0.2) is 35.7 Å². The molecule has 3 fully saturated rings. The zero-order chi connectivity index (χ0) is 20.1. The zero-order valence-electron chi connectivity index (χ0n) is 19.2. The normalized spacial score (nSPS) is 45.6. The van der Waals surface area contributed by atoms with Crippen LogP contribution in [0, 0.1) is 34.5 Å². The van der Waals surface area contributed by atoms with Crippen LogP contribution in [0.4, 0.5) is 0 Å². The molecule has 7 atom stereocenters. The smallest absolute Gasteiger partial charge is 0.0577 e. The Morgan fingerprint density at radius 2 is 1.89 bits per heavy atom. The Hall–Kier alpha value is -0.340. The molecule has 160 valence electrons. The summed E-state index contributed by atoms with van der Waals surface area (Å²) in [7, 11) is 2.41. The lowest BCUT2D eigenvalue weighted by atomic mass is 9.48. The van der Waals surface area contributed by atoms with Gasteiger partial charge in [-0.2, -0.15) is 0 Å². The second-order valence-corrected chi connectivity index (χ2v) is 11.8. The van der Waals surface area contributed by atoms with E-state index >= 15 is 0 Å². The molecule has 0 aromatic carbocycles. The van der Waals surface area contributed by atoms with Crippen LogP contribution in [-0.2, 0) is 0 Å². The SMILES string of the molecule is CC(C)CCCN(C)[C@H]1CC[C@H]2[C@@H]3CC=C4C[C@@H](O)CC[C@]4(C)[C@H]3CC[C@]12C. The van der Waals surface area contributed by atoms with Gasteiger partial charge in [-0.25, -0.2) is 0 Å². The van der Waals surface area contributed by atoms with Gasteiger partial charge in [0, 0.05) is 6.04 Å². The number of aliphatic hydroxyl groups is 1. The number of hydrogen-bond donors (Lipinski definition) is 1. The van der Waals surface area contributed by atoms with Crippen molar-refractivity contribution in [2.75, 3.05) is 13.6 Å². The van der Waals surface area contributed by atoms with Crippen molar-refractivity contribution in [1.29, 1.82) is 0 Å². The van der Waals surface area contributed by atoms with Crippen LogP contribution in [0.15, 0.2) is 11.6 Å². The Balaban J connectivity index is 1.49. The van der Waals surface area contributed by atoms with Gasteiger partial charge < -0.3 is 10.0 Å². The number of nitrogens with zero attached hydrogens (tertiary/aromatic N) is 1. The third-order valence-corrected chi connectivity index (χ3v) is 9.85. The lowest BCUT2D eigenvalue weighted by molar-refractivity contribution is -0.0564. The van der Waals surface area contributed by atoms with E-state index in [4.69, 9.17) is 0 Å². The first-order valence-corrected chi connectivity index (χ1v) is 12.3. The molecule has 2 heteroatoms. The molecular weight excluding hydrogens is 342 g/mol. The van der Waals surface area contributed by atoms with Gasteiger partial charge in [0.15, 0.2) is 0 Å². The number of aliphatic hydroxyl groups excluding tert-OH is 1. The van der Waals surface area contributed by atoms with Gasteiger partial charge in [0.05, 0.1) is 6.10 Å². The highest BCUT2D eigenvalue weighted by Crippen LogP contribution is 2.65. The van der Waals surface area contributed by atoms with Crippen LogP contribution in [0.2, 0.25) is 0 Å². The number of rotatable bonds is 5. The molecule has 4 aliphatic carbocycles. The van der Waals surface area contributed by atoms with Gasteiger partial charge in [-0.15, -0.1) is 0 Å². The van der Waals surface area contributed by atoms with E-state index in [9.17, 15) is 5.11 Å². The lowest BCUT2D eigenvalue weighted by Crippen LogP contribution is -2.53. The van der Waals surface area contributed by atoms with Gasteiger partial charge in [0.1, 0.15) is 0 Å². The monoisotopic (exact) mass is 387 g/mol. The maximum Gasteiger partial charge on any atom is 0.0577 e. The molecule has 0 amide bonds. The molecule has 0 aromatic heterocycles. The summed E-state index contributed by atoms with van der Waals surface area (Å²) < 4.78 is 0. The van der Waals surface area contributed by atoms with Crippen LogP contribution >= 0.6 is 0 Å². The van der Waals surface area contributed by atoms with Crippen molar-refractivity contribution in [3.63, 3.8) is 0 Å². The molecule has 0 spiro atoms. The number of allylic oxidation sites excluding steroid dienone is 1.